The Labute approximate surface area is 175 Å². The van der Waals surface area contributed by atoms with Crippen LogP contribution in [0.1, 0.15) is 48.8 Å². The second-order valence-corrected chi connectivity index (χ2v) is 8.06. The fourth-order valence-corrected chi connectivity index (χ4v) is 4.79. The molecular formula is C23H26N4O3. The molecule has 30 heavy (non-hydrogen) atoms. The number of fused-ring (bicyclic) bond motifs is 4. The van der Waals surface area contributed by atoms with E-state index in [1.807, 2.05) is 32.2 Å². The van der Waals surface area contributed by atoms with Crippen LogP contribution in [0.4, 0.5) is 0 Å². The lowest BCUT2D eigenvalue weighted by Gasteiger charge is -2.37. The maximum atomic E-state index is 10.3. The molecule has 7 nitrogen and oxygen atoms in total. The van der Waals surface area contributed by atoms with Crippen LogP contribution in [0.2, 0.25) is 0 Å². The highest BCUT2D eigenvalue weighted by Crippen LogP contribution is 2.45. The molecule has 2 aliphatic rings. The molecule has 3 aromatic rings. The predicted molar refractivity (Wildman–Crippen MR) is 115 cm³/mol. The van der Waals surface area contributed by atoms with Gasteiger partial charge in [-0.3, -0.25) is 4.99 Å². The summed E-state index contributed by atoms with van der Waals surface area (Å²) >= 11 is 0. The van der Waals surface area contributed by atoms with Gasteiger partial charge in [-0.25, -0.2) is 4.68 Å². The molecule has 0 bridgehead atoms. The first kappa shape index (κ1) is 19.1. The first-order valence-corrected chi connectivity index (χ1v) is 10.5. The van der Waals surface area contributed by atoms with Crippen molar-refractivity contribution in [3.63, 3.8) is 0 Å². The van der Waals surface area contributed by atoms with Gasteiger partial charge in [-0.1, -0.05) is 11.3 Å². The Morgan fingerprint density at radius 3 is 2.83 bits per heavy atom. The van der Waals surface area contributed by atoms with E-state index in [1.165, 1.54) is 5.56 Å². The van der Waals surface area contributed by atoms with E-state index in [-0.39, 0.29) is 18.1 Å². The number of hydrogen-bond donors (Lipinski definition) is 1. The topological polar surface area (TPSA) is 81.8 Å². The van der Waals surface area contributed by atoms with E-state index < -0.39 is 0 Å². The Morgan fingerprint density at radius 1 is 1.17 bits per heavy atom. The summed E-state index contributed by atoms with van der Waals surface area (Å²) in [7, 11) is 3.54. The van der Waals surface area contributed by atoms with Crippen LogP contribution >= 0.6 is 0 Å². The summed E-state index contributed by atoms with van der Waals surface area (Å²) in [4.78, 5) is 5.17. The number of benzene rings is 2. The first-order valence-electron chi connectivity index (χ1n) is 10.5. The van der Waals surface area contributed by atoms with Gasteiger partial charge in [0.05, 0.1) is 37.1 Å². The Bertz CT molecular complexity index is 1140. The molecule has 0 amide bonds. The second kappa shape index (κ2) is 7.40. The molecule has 2 heterocycles. The standard InChI is InChI=1S/C23H26N4O3/c1-4-30-22-11-15-16-10-14(28)6-7-18(16)24-23(17(15)12-21(22)29-3)13-5-8-20-19(9-13)25-26-27(20)2/h5,8-9,11-12,14,16,18,28H,4,6-7,10H2,1-3H3/t14-,16-,18-/m1/s1. The summed E-state index contributed by atoms with van der Waals surface area (Å²) in [6.07, 6.45) is 2.09. The quantitative estimate of drug-likeness (QED) is 0.719. The van der Waals surface area contributed by atoms with Gasteiger partial charge in [0.2, 0.25) is 0 Å². The van der Waals surface area contributed by atoms with Gasteiger partial charge < -0.3 is 14.6 Å². The number of aryl methyl sites for hydroxylation is 1. The van der Waals surface area contributed by atoms with E-state index in [0.717, 1.165) is 52.9 Å². The van der Waals surface area contributed by atoms with Crippen LogP contribution in [-0.2, 0) is 7.05 Å². The third-order valence-corrected chi connectivity index (χ3v) is 6.26. The summed E-state index contributed by atoms with van der Waals surface area (Å²) in [6.45, 7) is 2.53. The maximum Gasteiger partial charge on any atom is 0.161 e. The number of ether oxygens (including phenoxy) is 2. The van der Waals surface area contributed by atoms with Gasteiger partial charge in [0.1, 0.15) is 5.52 Å². The molecule has 0 spiro atoms. The molecule has 0 unspecified atom stereocenters. The smallest absolute Gasteiger partial charge is 0.161 e. The van der Waals surface area contributed by atoms with Crippen molar-refractivity contribution in [1.29, 1.82) is 0 Å². The van der Waals surface area contributed by atoms with Crippen molar-refractivity contribution >= 4 is 16.7 Å². The molecule has 156 valence electrons. The summed E-state index contributed by atoms with van der Waals surface area (Å²) in [5.41, 5.74) is 5.99. The minimum absolute atomic E-state index is 0.149. The van der Waals surface area contributed by atoms with Gasteiger partial charge in [0.15, 0.2) is 11.5 Å². The van der Waals surface area contributed by atoms with Gasteiger partial charge in [-0.2, -0.15) is 0 Å². The Morgan fingerprint density at radius 2 is 2.03 bits per heavy atom. The lowest BCUT2D eigenvalue weighted by molar-refractivity contribution is 0.111. The van der Waals surface area contributed by atoms with Crippen molar-refractivity contribution in [3.05, 3.63) is 47.0 Å². The SMILES string of the molecule is CCOc1cc2c(cc1OC)C(c1ccc3c(c1)nnn3C)=N[C@@H]1CC[C@@H](O)C[C@H]21. The summed E-state index contributed by atoms with van der Waals surface area (Å²) in [5, 5.41) is 18.7. The van der Waals surface area contributed by atoms with Crippen LogP contribution in [0, 0.1) is 0 Å². The van der Waals surface area contributed by atoms with Crippen molar-refractivity contribution in [3.8, 4) is 11.5 Å². The first-order chi connectivity index (χ1) is 14.6. The molecule has 1 aromatic heterocycles. The molecule has 7 heteroatoms. The third-order valence-electron chi connectivity index (χ3n) is 6.26. The molecule has 0 saturated heterocycles. The molecular weight excluding hydrogens is 380 g/mol. The zero-order chi connectivity index (χ0) is 20.8. The van der Waals surface area contributed by atoms with Crippen LogP contribution in [0.15, 0.2) is 35.3 Å². The normalized spacial score (nSPS) is 22.9. The van der Waals surface area contributed by atoms with E-state index in [9.17, 15) is 5.11 Å². The monoisotopic (exact) mass is 406 g/mol. The number of aliphatic hydroxyl groups excluding tert-OH is 1. The van der Waals surface area contributed by atoms with Crippen LogP contribution in [0.5, 0.6) is 11.5 Å². The molecule has 1 saturated carbocycles. The fraction of sp³-hybridized carbons (Fsp3) is 0.435. The lowest BCUT2D eigenvalue weighted by Crippen LogP contribution is -2.34. The van der Waals surface area contributed by atoms with E-state index in [4.69, 9.17) is 14.5 Å². The maximum absolute atomic E-state index is 10.3. The number of nitrogens with zero attached hydrogens (tertiary/aromatic N) is 4. The van der Waals surface area contributed by atoms with Gasteiger partial charge in [-0.15, -0.1) is 5.10 Å². The van der Waals surface area contributed by atoms with Gasteiger partial charge >= 0.3 is 0 Å². The average molecular weight is 406 g/mol. The van der Waals surface area contributed by atoms with Crippen LogP contribution in [-0.4, -0.2) is 51.7 Å². The Balaban J connectivity index is 1.69. The zero-order valence-corrected chi connectivity index (χ0v) is 17.5. The highest BCUT2D eigenvalue weighted by Gasteiger charge is 2.37. The minimum atomic E-state index is -0.288. The summed E-state index contributed by atoms with van der Waals surface area (Å²) in [5.74, 6) is 1.61. The van der Waals surface area contributed by atoms with Crippen molar-refractivity contribution in [1.82, 2.24) is 15.0 Å². The number of aromatic nitrogens is 3. The highest BCUT2D eigenvalue weighted by molar-refractivity contribution is 6.16. The molecule has 1 aliphatic carbocycles. The molecule has 3 atom stereocenters. The lowest BCUT2D eigenvalue weighted by atomic mass is 9.74. The van der Waals surface area contributed by atoms with Crippen molar-refractivity contribution < 1.29 is 14.6 Å². The van der Waals surface area contributed by atoms with E-state index in [2.05, 4.69) is 22.4 Å². The van der Waals surface area contributed by atoms with Crippen LogP contribution < -0.4 is 9.47 Å². The number of hydrogen-bond acceptors (Lipinski definition) is 6. The van der Waals surface area contributed by atoms with Crippen LogP contribution in [0.3, 0.4) is 0 Å². The van der Waals surface area contributed by atoms with Crippen molar-refractivity contribution in [2.75, 3.05) is 13.7 Å². The van der Waals surface area contributed by atoms with Gasteiger partial charge in [-0.05, 0) is 56.0 Å². The van der Waals surface area contributed by atoms with Crippen LogP contribution in [0.25, 0.3) is 11.0 Å². The largest absolute Gasteiger partial charge is 0.493 e. The number of aliphatic hydroxyl groups is 1. The predicted octanol–water partition coefficient (Wildman–Crippen LogP) is 3.22. The summed E-state index contributed by atoms with van der Waals surface area (Å²) in [6, 6.07) is 10.4. The molecule has 1 aliphatic heterocycles. The van der Waals surface area contributed by atoms with Crippen molar-refractivity contribution in [2.45, 2.75) is 44.2 Å². The molecule has 1 N–H and O–H groups in total. The molecule has 0 radical (unpaired) electrons. The zero-order valence-electron chi connectivity index (χ0n) is 17.5. The number of rotatable bonds is 4. The Hall–Kier alpha value is -2.93. The average Bonchev–Trinajstić information content (AvgIpc) is 3.13. The van der Waals surface area contributed by atoms with Gasteiger partial charge in [0, 0.05) is 24.1 Å². The van der Waals surface area contributed by atoms with Gasteiger partial charge in [0.25, 0.3) is 0 Å². The Kier molecular flexibility index (Phi) is 4.70. The van der Waals surface area contributed by atoms with Crippen molar-refractivity contribution in [2.24, 2.45) is 12.0 Å². The highest BCUT2D eigenvalue weighted by atomic mass is 16.5. The van der Waals surface area contributed by atoms with E-state index in [1.54, 1.807) is 11.8 Å². The number of aliphatic imine (C=N–C) groups is 1. The number of methoxy groups -OCH3 is 1. The van der Waals surface area contributed by atoms with E-state index in [0.29, 0.717) is 12.4 Å². The molecule has 2 aromatic carbocycles. The summed E-state index contributed by atoms with van der Waals surface area (Å²) < 4.78 is 13.2. The second-order valence-electron chi connectivity index (χ2n) is 8.06. The minimum Gasteiger partial charge on any atom is -0.493 e. The molecule has 5 rings (SSSR count). The molecule has 1 fully saturated rings. The third kappa shape index (κ3) is 3.04. The van der Waals surface area contributed by atoms with E-state index >= 15 is 0 Å². The fourth-order valence-electron chi connectivity index (χ4n) is 4.79.